The molecule has 1 aromatic carbocycles. The number of nitrogens with zero attached hydrogens (tertiary/aromatic N) is 1. The summed E-state index contributed by atoms with van der Waals surface area (Å²) in [5, 5.41) is 0. The fourth-order valence-electron chi connectivity index (χ4n) is 3.15. The molecule has 0 aliphatic carbocycles. The molecule has 0 aromatic heterocycles. The maximum atomic E-state index is 6.21. The van der Waals surface area contributed by atoms with Gasteiger partial charge in [-0.3, -0.25) is 0 Å². The summed E-state index contributed by atoms with van der Waals surface area (Å²) in [4.78, 5) is 2.54. The van der Waals surface area contributed by atoms with Crippen molar-refractivity contribution >= 4 is 5.69 Å². The fourth-order valence-corrected chi connectivity index (χ4v) is 3.15. The number of piperidine rings is 1. The number of hydrogen-bond donors (Lipinski definition) is 1. The van der Waals surface area contributed by atoms with Gasteiger partial charge in [-0.15, -0.1) is 0 Å². The van der Waals surface area contributed by atoms with Gasteiger partial charge in [0.15, 0.2) is 0 Å². The maximum Gasteiger partial charge on any atom is 0.0482 e. The molecule has 0 bridgehead atoms. The predicted molar refractivity (Wildman–Crippen MR) is 63.2 cm³/mol. The highest BCUT2D eigenvalue weighted by Gasteiger charge is 2.36. The molecule has 1 aromatic rings. The van der Waals surface area contributed by atoms with Crippen LogP contribution in [0.15, 0.2) is 18.2 Å². The van der Waals surface area contributed by atoms with Crippen LogP contribution in [-0.2, 0) is 6.42 Å². The van der Waals surface area contributed by atoms with E-state index in [4.69, 9.17) is 5.73 Å². The molecule has 2 nitrogen and oxygen atoms in total. The Bertz CT molecular complexity index is 386. The summed E-state index contributed by atoms with van der Waals surface area (Å²) >= 11 is 0. The molecule has 2 aliphatic rings. The Morgan fingerprint density at radius 1 is 1.40 bits per heavy atom. The monoisotopic (exact) mass is 202 g/mol. The molecule has 2 atom stereocenters. The molecular weight excluding hydrogens is 184 g/mol. The first-order valence-corrected chi connectivity index (χ1v) is 5.88. The van der Waals surface area contributed by atoms with E-state index in [9.17, 15) is 0 Å². The Morgan fingerprint density at radius 2 is 2.27 bits per heavy atom. The van der Waals surface area contributed by atoms with Crippen molar-refractivity contribution in [1.29, 1.82) is 0 Å². The topological polar surface area (TPSA) is 29.3 Å². The zero-order chi connectivity index (χ0) is 10.4. The molecule has 0 amide bonds. The van der Waals surface area contributed by atoms with Gasteiger partial charge >= 0.3 is 0 Å². The van der Waals surface area contributed by atoms with E-state index in [2.05, 4.69) is 30.0 Å². The standard InChI is InChI=1S/C13H18N2/c1-9-4-2-5-10-8-12-11(14)6-3-7-15(12)13(9)10/h2,4-5,11-12H,3,6-8,14H2,1H3. The predicted octanol–water partition coefficient (Wildman–Crippen LogP) is 1.85. The van der Waals surface area contributed by atoms with Gasteiger partial charge in [-0.25, -0.2) is 0 Å². The normalized spacial score (nSPS) is 28.8. The van der Waals surface area contributed by atoms with E-state index < -0.39 is 0 Å². The highest BCUT2D eigenvalue weighted by molar-refractivity contribution is 5.64. The number of benzene rings is 1. The van der Waals surface area contributed by atoms with Crippen molar-refractivity contribution < 1.29 is 0 Å². The van der Waals surface area contributed by atoms with Gasteiger partial charge in [0, 0.05) is 24.3 Å². The molecule has 15 heavy (non-hydrogen) atoms. The van der Waals surface area contributed by atoms with E-state index >= 15 is 0 Å². The van der Waals surface area contributed by atoms with Crippen molar-refractivity contribution in [3.8, 4) is 0 Å². The summed E-state index contributed by atoms with van der Waals surface area (Å²) in [6, 6.07) is 7.56. The van der Waals surface area contributed by atoms with Gasteiger partial charge in [0.1, 0.15) is 0 Å². The zero-order valence-electron chi connectivity index (χ0n) is 9.24. The van der Waals surface area contributed by atoms with Crippen LogP contribution in [0.5, 0.6) is 0 Å². The van der Waals surface area contributed by atoms with Crippen LogP contribution in [0.1, 0.15) is 24.0 Å². The summed E-state index contributed by atoms with van der Waals surface area (Å²) in [6.07, 6.45) is 3.58. The minimum Gasteiger partial charge on any atom is -0.366 e. The second kappa shape index (κ2) is 3.24. The van der Waals surface area contributed by atoms with Crippen molar-refractivity contribution in [2.24, 2.45) is 5.73 Å². The maximum absolute atomic E-state index is 6.21. The molecule has 0 saturated carbocycles. The van der Waals surface area contributed by atoms with Gasteiger partial charge in [0.2, 0.25) is 0 Å². The lowest BCUT2D eigenvalue weighted by atomic mass is 9.96. The van der Waals surface area contributed by atoms with Crippen LogP contribution in [0.4, 0.5) is 5.69 Å². The number of anilines is 1. The van der Waals surface area contributed by atoms with Crippen molar-refractivity contribution in [3.05, 3.63) is 29.3 Å². The first-order valence-electron chi connectivity index (χ1n) is 5.88. The van der Waals surface area contributed by atoms with Gasteiger partial charge < -0.3 is 10.6 Å². The van der Waals surface area contributed by atoms with Gasteiger partial charge in [0.05, 0.1) is 0 Å². The lowest BCUT2D eigenvalue weighted by Crippen LogP contribution is -2.50. The van der Waals surface area contributed by atoms with Gasteiger partial charge in [-0.05, 0) is 37.3 Å². The van der Waals surface area contributed by atoms with Crippen LogP contribution in [-0.4, -0.2) is 18.6 Å². The first-order chi connectivity index (χ1) is 7.27. The van der Waals surface area contributed by atoms with Crippen molar-refractivity contribution in [1.82, 2.24) is 0 Å². The minimum absolute atomic E-state index is 0.366. The van der Waals surface area contributed by atoms with E-state index in [1.807, 2.05) is 0 Å². The fraction of sp³-hybridized carbons (Fsp3) is 0.538. The molecule has 0 radical (unpaired) electrons. The second-order valence-electron chi connectivity index (χ2n) is 4.85. The molecule has 1 fully saturated rings. The largest absolute Gasteiger partial charge is 0.366 e. The van der Waals surface area contributed by atoms with E-state index in [-0.39, 0.29) is 0 Å². The molecule has 1 saturated heterocycles. The Balaban J connectivity index is 2.05. The molecule has 2 unspecified atom stereocenters. The minimum atomic E-state index is 0.366. The smallest absolute Gasteiger partial charge is 0.0482 e. The molecule has 2 heterocycles. The molecule has 3 rings (SSSR count). The van der Waals surface area contributed by atoms with E-state index in [0.29, 0.717) is 12.1 Å². The average Bonchev–Trinajstić information content (AvgIpc) is 2.59. The number of aryl methyl sites for hydroxylation is 1. The number of fused-ring (bicyclic) bond motifs is 3. The van der Waals surface area contributed by atoms with E-state index in [1.165, 1.54) is 36.2 Å². The number of nitrogens with two attached hydrogens (primary N) is 1. The molecule has 2 N–H and O–H groups in total. The SMILES string of the molecule is Cc1cccc2c1N1CCCC(N)C1C2. The number of rotatable bonds is 0. The lowest BCUT2D eigenvalue weighted by Gasteiger charge is -2.37. The molecule has 2 heteroatoms. The summed E-state index contributed by atoms with van der Waals surface area (Å²) in [5.41, 5.74) is 10.6. The Kier molecular flexibility index (Phi) is 1.99. The van der Waals surface area contributed by atoms with Crippen LogP contribution in [0.2, 0.25) is 0 Å². The highest BCUT2D eigenvalue weighted by Crippen LogP contribution is 2.38. The molecule has 2 aliphatic heterocycles. The van der Waals surface area contributed by atoms with Crippen LogP contribution in [0, 0.1) is 6.92 Å². The summed E-state index contributed by atoms with van der Waals surface area (Å²) in [5.74, 6) is 0. The van der Waals surface area contributed by atoms with Crippen LogP contribution < -0.4 is 10.6 Å². The highest BCUT2D eigenvalue weighted by atomic mass is 15.2. The van der Waals surface area contributed by atoms with E-state index in [1.54, 1.807) is 0 Å². The zero-order valence-corrected chi connectivity index (χ0v) is 9.24. The summed E-state index contributed by atoms with van der Waals surface area (Å²) in [7, 11) is 0. The van der Waals surface area contributed by atoms with E-state index in [0.717, 1.165) is 6.42 Å². The lowest BCUT2D eigenvalue weighted by molar-refractivity contribution is 0.414. The Labute approximate surface area is 91.1 Å². The number of hydrogen-bond acceptors (Lipinski definition) is 2. The van der Waals surface area contributed by atoms with Crippen molar-refractivity contribution in [3.63, 3.8) is 0 Å². The quantitative estimate of drug-likeness (QED) is 0.695. The molecular formula is C13H18N2. The Hall–Kier alpha value is -1.02. The third kappa shape index (κ3) is 1.28. The Morgan fingerprint density at radius 3 is 3.13 bits per heavy atom. The number of para-hydroxylation sites is 1. The summed E-state index contributed by atoms with van der Waals surface area (Å²) in [6.45, 7) is 3.40. The van der Waals surface area contributed by atoms with Crippen LogP contribution >= 0.6 is 0 Å². The third-order valence-electron chi connectivity index (χ3n) is 3.87. The summed E-state index contributed by atoms with van der Waals surface area (Å²) < 4.78 is 0. The third-order valence-corrected chi connectivity index (χ3v) is 3.87. The first kappa shape index (κ1) is 9.22. The van der Waals surface area contributed by atoms with Crippen molar-refractivity contribution in [2.45, 2.75) is 38.3 Å². The molecule has 0 spiro atoms. The van der Waals surface area contributed by atoms with Gasteiger partial charge in [-0.2, -0.15) is 0 Å². The second-order valence-corrected chi connectivity index (χ2v) is 4.85. The van der Waals surface area contributed by atoms with Gasteiger partial charge in [0.25, 0.3) is 0 Å². The van der Waals surface area contributed by atoms with Crippen molar-refractivity contribution in [2.75, 3.05) is 11.4 Å². The van der Waals surface area contributed by atoms with Gasteiger partial charge in [-0.1, -0.05) is 18.2 Å². The van der Waals surface area contributed by atoms with Crippen LogP contribution in [0.25, 0.3) is 0 Å². The molecule has 80 valence electrons. The van der Waals surface area contributed by atoms with Crippen LogP contribution in [0.3, 0.4) is 0 Å². The average molecular weight is 202 g/mol.